The van der Waals surface area contributed by atoms with Crippen LogP contribution in [0.2, 0.25) is 0 Å². The third kappa shape index (κ3) is 4.24. The van der Waals surface area contributed by atoms with Gasteiger partial charge in [-0.3, -0.25) is 9.59 Å². The van der Waals surface area contributed by atoms with Crippen molar-refractivity contribution < 1.29 is 27.8 Å². The summed E-state index contributed by atoms with van der Waals surface area (Å²) in [5.74, 6) is -5.12. The summed E-state index contributed by atoms with van der Waals surface area (Å²) in [6, 6.07) is 1.35. The highest BCUT2D eigenvalue weighted by Gasteiger charge is 2.53. The van der Waals surface area contributed by atoms with Gasteiger partial charge in [0, 0.05) is 24.2 Å². The summed E-state index contributed by atoms with van der Waals surface area (Å²) in [7, 11) is 0. The largest absolute Gasteiger partial charge is 0.462 e. The van der Waals surface area contributed by atoms with Crippen LogP contribution in [0.4, 0.5) is 8.78 Å². The van der Waals surface area contributed by atoms with Crippen molar-refractivity contribution in [3.63, 3.8) is 0 Å². The van der Waals surface area contributed by atoms with Crippen LogP contribution in [-0.2, 0) is 26.4 Å². The monoisotopic (exact) mass is 434 g/mol. The molecule has 2 atom stereocenters. The zero-order chi connectivity index (χ0) is 23.1. The maximum atomic E-state index is 16.5. The quantitative estimate of drug-likeness (QED) is 0.659. The Balaban J connectivity index is 2.25. The van der Waals surface area contributed by atoms with E-state index < -0.39 is 46.8 Å². The van der Waals surface area contributed by atoms with Crippen molar-refractivity contribution in [3.05, 3.63) is 45.1 Å². The third-order valence-electron chi connectivity index (χ3n) is 5.03. The Kier molecular flexibility index (Phi) is 5.78. The number of aromatic nitrogens is 1. The number of rotatable bonds is 5. The van der Waals surface area contributed by atoms with Gasteiger partial charge < -0.3 is 14.0 Å². The van der Waals surface area contributed by atoms with E-state index in [1.807, 2.05) is 0 Å². The number of carbonyl (C=O) groups excluding carboxylic acids is 2. The molecule has 1 saturated carbocycles. The molecule has 9 heteroatoms. The molecule has 2 unspecified atom stereocenters. The van der Waals surface area contributed by atoms with E-state index in [4.69, 9.17) is 9.47 Å². The normalized spacial score (nSPS) is 21.4. The molecule has 0 saturated heterocycles. The van der Waals surface area contributed by atoms with Crippen LogP contribution in [-0.4, -0.2) is 28.7 Å². The topological polar surface area (TPSA) is 98.4 Å². The predicted octanol–water partition coefficient (Wildman–Crippen LogP) is 3.42. The smallest absolute Gasteiger partial charge is 0.343 e. The van der Waals surface area contributed by atoms with E-state index in [0.29, 0.717) is 18.9 Å². The Bertz CT molecular complexity index is 1060. The Labute approximate surface area is 178 Å². The lowest BCUT2D eigenvalue weighted by molar-refractivity contribution is -0.162. The molecular formula is C22H24F2N2O5. The SMILES string of the molecule is CCOC(=O)c1cn(C2CC2)c2c(c1=O)CC(F)=CC2(F)C(C#N)C(=O)OC(C)(C)C. The molecule has 1 heterocycles. The Morgan fingerprint density at radius 3 is 2.55 bits per heavy atom. The van der Waals surface area contributed by atoms with Crippen LogP contribution in [0.1, 0.15) is 68.2 Å². The van der Waals surface area contributed by atoms with Crippen molar-refractivity contribution in [3.8, 4) is 6.07 Å². The summed E-state index contributed by atoms with van der Waals surface area (Å²) < 4.78 is 42.5. The standard InChI is InChI=1S/C22H24F2N2O5/c1-5-30-19(28)15-11-26(13-6-7-13)18-14(17(15)27)8-12(23)9-22(18,24)16(10-25)20(29)31-21(2,3)4/h9,11,13,16H,5-8H2,1-4H3. The number of nitriles is 1. The number of nitrogens with zero attached hydrogens (tertiary/aromatic N) is 2. The fourth-order valence-electron chi connectivity index (χ4n) is 3.69. The summed E-state index contributed by atoms with van der Waals surface area (Å²) in [6.45, 7) is 6.27. The van der Waals surface area contributed by atoms with Gasteiger partial charge in [-0.1, -0.05) is 0 Å². The first kappa shape index (κ1) is 22.7. The van der Waals surface area contributed by atoms with Gasteiger partial charge in [-0.2, -0.15) is 5.26 Å². The Morgan fingerprint density at radius 1 is 1.39 bits per heavy atom. The minimum absolute atomic E-state index is 0.0231. The van der Waals surface area contributed by atoms with Gasteiger partial charge in [-0.15, -0.1) is 0 Å². The summed E-state index contributed by atoms with van der Waals surface area (Å²) in [6.07, 6.45) is 2.49. The Hall–Kier alpha value is -3.02. The lowest BCUT2D eigenvalue weighted by Crippen LogP contribution is -2.44. The van der Waals surface area contributed by atoms with Gasteiger partial charge in [-0.25, -0.2) is 13.6 Å². The van der Waals surface area contributed by atoms with Gasteiger partial charge in [0.05, 0.1) is 18.4 Å². The predicted molar refractivity (Wildman–Crippen MR) is 106 cm³/mol. The first-order valence-corrected chi connectivity index (χ1v) is 10.1. The van der Waals surface area contributed by atoms with Gasteiger partial charge in [-0.05, 0) is 46.6 Å². The van der Waals surface area contributed by atoms with Crippen molar-refractivity contribution in [1.82, 2.24) is 4.57 Å². The number of ether oxygens (including phenoxy) is 2. The van der Waals surface area contributed by atoms with E-state index >= 15 is 4.39 Å². The molecule has 166 valence electrons. The lowest BCUT2D eigenvalue weighted by Gasteiger charge is -2.34. The van der Waals surface area contributed by atoms with Gasteiger partial charge in [0.1, 0.15) is 17.0 Å². The van der Waals surface area contributed by atoms with Crippen LogP contribution in [0.5, 0.6) is 0 Å². The average Bonchev–Trinajstić information content (AvgIpc) is 3.46. The van der Waals surface area contributed by atoms with Gasteiger partial charge >= 0.3 is 11.9 Å². The molecule has 0 spiro atoms. The molecule has 1 aromatic heterocycles. The molecule has 0 N–H and O–H groups in total. The molecule has 1 fully saturated rings. The van der Waals surface area contributed by atoms with Crippen molar-refractivity contribution in [2.45, 2.75) is 64.3 Å². The number of esters is 2. The number of carbonyl (C=O) groups is 2. The van der Waals surface area contributed by atoms with Crippen LogP contribution in [0, 0.1) is 17.2 Å². The second kappa shape index (κ2) is 7.91. The van der Waals surface area contributed by atoms with Crippen molar-refractivity contribution >= 4 is 11.9 Å². The molecule has 2 aliphatic carbocycles. The molecule has 1 aromatic rings. The number of hydrogen-bond acceptors (Lipinski definition) is 6. The average molecular weight is 434 g/mol. The molecule has 3 rings (SSSR count). The first-order valence-electron chi connectivity index (χ1n) is 10.1. The van der Waals surface area contributed by atoms with Gasteiger partial charge in [0.15, 0.2) is 17.0 Å². The second-order valence-electron chi connectivity index (χ2n) is 8.69. The maximum Gasteiger partial charge on any atom is 0.343 e. The van der Waals surface area contributed by atoms with Crippen LogP contribution < -0.4 is 5.43 Å². The molecule has 0 aliphatic heterocycles. The summed E-state index contributed by atoms with van der Waals surface area (Å²) in [4.78, 5) is 37.9. The fourth-order valence-corrected chi connectivity index (χ4v) is 3.69. The fraction of sp³-hybridized carbons (Fsp3) is 0.545. The summed E-state index contributed by atoms with van der Waals surface area (Å²) in [5, 5.41) is 9.65. The third-order valence-corrected chi connectivity index (χ3v) is 5.03. The van der Waals surface area contributed by atoms with E-state index in [0.717, 1.165) is 0 Å². The second-order valence-corrected chi connectivity index (χ2v) is 8.69. The molecule has 31 heavy (non-hydrogen) atoms. The molecule has 0 bridgehead atoms. The van der Waals surface area contributed by atoms with Crippen LogP contribution in [0.25, 0.3) is 0 Å². The van der Waals surface area contributed by atoms with Gasteiger partial charge in [0.2, 0.25) is 0 Å². The number of alkyl halides is 1. The van der Waals surface area contributed by atoms with Crippen LogP contribution in [0.3, 0.4) is 0 Å². The van der Waals surface area contributed by atoms with E-state index in [1.165, 1.54) is 10.8 Å². The molecular weight excluding hydrogens is 410 g/mol. The minimum atomic E-state index is -2.94. The number of fused-ring (bicyclic) bond motifs is 1. The minimum Gasteiger partial charge on any atom is -0.462 e. The Morgan fingerprint density at radius 2 is 2.03 bits per heavy atom. The van der Waals surface area contributed by atoms with Crippen molar-refractivity contribution in [2.75, 3.05) is 6.61 Å². The molecule has 7 nitrogen and oxygen atoms in total. The highest BCUT2D eigenvalue weighted by Crippen LogP contribution is 2.47. The van der Waals surface area contributed by atoms with E-state index in [2.05, 4.69) is 0 Å². The zero-order valence-corrected chi connectivity index (χ0v) is 17.8. The number of halogens is 2. The van der Waals surface area contributed by atoms with E-state index in [-0.39, 0.29) is 29.5 Å². The number of allylic oxidation sites excluding steroid dienone is 2. The number of hydrogen-bond donors (Lipinski definition) is 0. The highest BCUT2D eigenvalue weighted by atomic mass is 19.1. The van der Waals surface area contributed by atoms with Crippen molar-refractivity contribution in [1.29, 1.82) is 5.26 Å². The zero-order valence-electron chi connectivity index (χ0n) is 17.8. The van der Waals surface area contributed by atoms with E-state index in [9.17, 15) is 24.0 Å². The van der Waals surface area contributed by atoms with Crippen LogP contribution >= 0.6 is 0 Å². The van der Waals surface area contributed by atoms with Crippen LogP contribution in [0.15, 0.2) is 22.9 Å². The summed E-state index contributed by atoms with van der Waals surface area (Å²) >= 11 is 0. The first-order chi connectivity index (χ1) is 14.4. The molecule has 2 aliphatic rings. The molecule has 0 aromatic carbocycles. The van der Waals surface area contributed by atoms with E-state index in [1.54, 1.807) is 33.8 Å². The maximum absolute atomic E-state index is 16.5. The molecule has 0 amide bonds. The van der Waals surface area contributed by atoms with Gasteiger partial charge in [0.25, 0.3) is 0 Å². The molecule has 0 radical (unpaired) electrons. The summed E-state index contributed by atoms with van der Waals surface area (Å²) in [5.41, 5.74) is -5.75. The van der Waals surface area contributed by atoms with Crippen molar-refractivity contribution in [2.24, 2.45) is 5.92 Å². The lowest BCUT2D eigenvalue weighted by atomic mass is 9.79. The highest BCUT2D eigenvalue weighted by molar-refractivity contribution is 5.89. The number of pyridine rings is 1.